The molecule has 0 aliphatic heterocycles. The molecule has 90 valence electrons. The molecule has 2 N–H and O–H groups in total. The van der Waals surface area contributed by atoms with Gasteiger partial charge in [-0.05, 0) is 18.2 Å². The highest BCUT2D eigenvalue weighted by Crippen LogP contribution is 2.28. The Labute approximate surface area is 109 Å². The second-order valence-electron chi connectivity index (χ2n) is 3.45. The zero-order chi connectivity index (χ0) is 13.1. The lowest BCUT2D eigenvalue weighted by atomic mass is 10.2. The van der Waals surface area contributed by atoms with E-state index in [1.165, 1.54) is 13.3 Å². The van der Waals surface area contributed by atoms with Crippen molar-refractivity contribution in [3.63, 3.8) is 0 Å². The number of nitrogen functional groups attached to an aromatic ring is 1. The third kappa shape index (κ3) is 2.19. The molecular weight excluding hydrogens is 252 g/mol. The number of hydrogen-bond acceptors (Lipinski definition) is 5. The van der Waals surface area contributed by atoms with Crippen molar-refractivity contribution in [3.8, 4) is 23.2 Å². The summed E-state index contributed by atoms with van der Waals surface area (Å²) in [7, 11) is 1.54. The van der Waals surface area contributed by atoms with Crippen LogP contribution in [-0.4, -0.2) is 17.1 Å². The van der Waals surface area contributed by atoms with E-state index in [1.807, 2.05) is 6.07 Å². The minimum atomic E-state index is 0.148. The van der Waals surface area contributed by atoms with Crippen molar-refractivity contribution in [2.75, 3.05) is 12.8 Å². The van der Waals surface area contributed by atoms with E-state index >= 15 is 0 Å². The van der Waals surface area contributed by atoms with E-state index in [4.69, 9.17) is 27.3 Å². The van der Waals surface area contributed by atoms with E-state index < -0.39 is 0 Å². The van der Waals surface area contributed by atoms with Gasteiger partial charge in [0.2, 0.25) is 0 Å². The maximum absolute atomic E-state index is 8.74. The summed E-state index contributed by atoms with van der Waals surface area (Å²) >= 11 is 6.01. The number of anilines is 1. The van der Waals surface area contributed by atoms with Gasteiger partial charge >= 0.3 is 0 Å². The van der Waals surface area contributed by atoms with Crippen LogP contribution in [0, 0.1) is 11.3 Å². The maximum atomic E-state index is 8.74. The molecule has 2 rings (SSSR count). The quantitative estimate of drug-likeness (QED) is 0.895. The summed E-state index contributed by atoms with van der Waals surface area (Å²) in [6, 6.07) is 7.08. The lowest BCUT2D eigenvalue weighted by Crippen LogP contribution is -1.99. The van der Waals surface area contributed by atoms with Crippen molar-refractivity contribution in [1.29, 1.82) is 5.26 Å². The van der Waals surface area contributed by atoms with Gasteiger partial charge in [0.1, 0.15) is 23.2 Å². The molecule has 1 aromatic carbocycles. The van der Waals surface area contributed by atoms with Crippen LogP contribution in [-0.2, 0) is 0 Å². The number of hydrogen-bond donors (Lipinski definition) is 1. The molecule has 0 unspecified atom stereocenters. The lowest BCUT2D eigenvalue weighted by molar-refractivity contribution is 0.415. The van der Waals surface area contributed by atoms with Crippen molar-refractivity contribution in [1.82, 2.24) is 9.97 Å². The van der Waals surface area contributed by atoms with Crippen molar-refractivity contribution in [2.45, 2.75) is 0 Å². The zero-order valence-corrected chi connectivity index (χ0v) is 10.3. The normalized spacial score (nSPS) is 9.83. The molecule has 1 heterocycles. The number of nitrogens with two attached hydrogens (primary N) is 1. The van der Waals surface area contributed by atoms with Gasteiger partial charge in [-0.25, -0.2) is 9.97 Å². The fourth-order valence-electron chi connectivity index (χ4n) is 1.43. The van der Waals surface area contributed by atoms with Gasteiger partial charge in [-0.1, -0.05) is 11.6 Å². The summed E-state index contributed by atoms with van der Waals surface area (Å²) in [5.41, 5.74) is 6.59. The van der Waals surface area contributed by atoms with Gasteiger partial charge in [-0.15, -0.1) is 0 Å². The van der Waals surface area contributed by atoms with E-state index in [-0.39, 0.29) is 11.4 Å². The highest BCUT2D eigenvalue weighted by Gasteiger charge is 2.08. The molecule has 0 amide bonds. The Morgan fingerprint density at radius 3 is 2.78 bits per heavy atom. The zero-order valence-electron chi connectivity index (χ0n) is 9.51. The average molecular weight is 261 g/mol. The first-order valence-corrected chi connectivity index (χ1v) is 5.40. The fourth-order valence-corrected chi connectivity index (χ4v) is 1.68. The molecule has 6 heteroatoms. The average Bonchev–Trinajstić information content (AvgIpc) is 2.38. The van der Waals surface area contributed by atoms with E-state index in [0.29, 0.717) is 22.2 Å². The molecular formula is C12H9ClN4O. The van der Waals surface area contributed by atoms with Crippen LogP contribution in [0.5, 0.6) is 5.75 Å². The molecule has 5 nitrogen and oxygen atoms in total. The Kier molecular flexibility index (Phi) is 3.31. The summed E-state index contributed by atoms with van der Waals surface area (Å²) < 4.78 is 5.06. The Balaban J connectivity index is 2.46. The van der Waals surface area contributed by atoms with Crippen LogP contribution in [0.15, 0.2) is 24.4 Å². The van der Waals surface area contributed by atoms with Crippen molar-refractivity contribution >= 4 is 17.4 Å². The lowest BCUT2D eigenvalue weighted by Gasteiger charge is -2.06. The molecule has 2 aromatic rings. The molecule has 0 spiro atoms. The van der Waals surface area contributed by atoms with Gasteiger partial charge < -0.3 is 10.5 Å². The SMILES string of the molecule is COc1ccc(-c2ncc(C#N)c(N)n2)cc1Cl. The Morgan fingerprint density at radius 2 is 2.22 bits per heavy atom. The Morgan fingerprint density at radius 1 is 1.44 bits per heavy atom. The standard InChI is InChI=1S/C12H9ClN4O/c1-18-10-3-2-7(4-9(10)13)12-16-6-8(5-14)11(15)17-12/h2-4,6H,1H3,(H2,15,16,17). The first-order valence-electron chi connectivity index (χ1n) is 5.02. The highest BCUT2D eigenvalue weighted by atomic mass is 35.5. The number of halogens is 1. The smallest absolute Gasteiger partial charge is 0.161 e. The van der Waals surface area contributed by atoms with Gasteiger partial charge in [0.15, 0.2) is 5.82 Å². The van der Waals surface area contributed by atoms with Crippen LogP contribution in [0.4, 0.5) is 5.82 Å². The van der Waals surface area contributed by atoms with Gasteiger partial charge in [0.25, 0.3) is 0 Å². The molecule has 0 aliphatic carbocycles. The van der Waals surface area contributed by atoms with Crippen molar-refractivity contribution < 1.29 is 4.74 Å². The van der Waals surface area contributed by atoms with Crippen molar-refractivity contribution in [2.24, 2.45) is 0 Å². The van der Waals surface area contributed by atoms with Crippen LogP contribution in [0.2, 0.25) is 5.02 Å². The first-order chi connectivity index (χ1) is 8.65. The molecule has 0 aliphatic rings. The van der Waals surface area contributed by atoms with Crippen molar-refractivity contribution in [3.05, 3.63) is 35.0 Å². The minimum absolute atomic E-state index is 0.148. The summed E-state index contributed by atoms with van der Waals surface area (Å²) in [6.07, 6.45) is 1.38. The molecule has 1 aromatic heterocycles. The maximum Gasteiger partial charge on any atom is 0.161 e. The van der Waals surface area contributed by atoms with Gasteiger partial charge in [-0.3, -0.25) is 0 Å². The fraction of sp³-hybridized carbons (Fsp3) is 0.0833. The first kappa shape index (κ1) is 12.1. The summed E-state index contributed by atoms with van der Waals surface area (Å²) in [4.78, 5) is 8.12. The van der Waals surface area contributed by atoms with Crippen LogP contribution >= 0.6 is 11.6 Å². The number of nitriles is 1. The van der Waals surface area contributed by atoms with Gasteiger partial charge in [0.05, 0.1) is 18.3 Å². The largest absolute Gasteiger partial charge is 0.495 e. The van der Waals surface area contributed by atoms with Crippen LogP contribution in [0.25, 0.3) is 11.4 Å². The second kappa shape index (κ2) is 4.90. The highest BCUT2D eigenvalue weighted by molar-refractivity contribution is 6.32. The second-order valence-corrected chi connectivity index (χ2v) is 3.86. The third-order valence-electron chi connectivity index (χ3n) is 2.35. The minimum Gasteiger partial charge on any atom is -0.495 e. The molecule has 0 radical (unpaired) electrons. The van der Waals surface area contributed by atoms with Crippen LogP contribution in [0.1, 0.15) is 5.56 Å². The molecule has 0 bridgehead atoms. The predicted octanol–water partition coefficient (Wildman–Crippen LogP) is 2.26. The van der Waals surface area contributed by atoms with Crippen LogP contribution < -0.4 is 10.5 Å². The van der Waals surface area contributed by atoms with E-state index in [9.17, 15) is 0 Å². The molecule has 0 atom stereocenters. The Hall–Kier alpha value is -2.32. The molecule has 0 saturated heterocycles. The Bertz CT molecular complexity index is 636. The topological polar surface area (TPSA) is 84.8 Å². The third-order valence-corrected chi connectivity index (χ3v) is 2.64. The summed E-state index contributed by atoms with van der Waals surface area (Å²) in [5.74, 6) is 1.13. The number of methoxy groups -OCH3 is 1. The molecule has 18 heavy (non-hydrogen) atoms. The number of benzene rings is 1. The van der Waals surface area contributed by atoms with Crippen LogP contribution in [0.3, 0.4) is 0 Å². The monoisotopic (exact) mass is 260 g/mol. The summed E-state index contributed by atoms with van der Waals surface area (Å²) in [6.45, 7) is 0. The number of rotatable bonds is 2. The summed E-state index contributed by atoms with van der Waals surface area (Å²) in [5, 5.41) is 9.20. The number of aromatic nitrogens is 2. The van der Waals surface area contributed by atoms with Gasteiger partial charge in [0, 0.05) is 5.56 Å². The van der Waals surface area contributed by atoms with E-state index in [0.717, 1.165) is 0 Å². The van der Waals surface area contributed by atoms with E-state index in [1.54, 1.807) is 18.2 Å². The number of nitrogens with zero attached hydrogens (tertiary/aromatic N) is 3. The molecule has 0 fully saturated rings. The van der Waals surface area contributed by atoms with E-state index in [2.05, 4.69) is 9.97 Å². The molecule has 0 saturated carbocycles. The van der Waals surface area contributed by atoms with Gasteiger partial charge in [-0.2, -0.15) is 5.26 Å². The number of ether oxygens (including phenoxy) is 1. The predicted molar refractivity (Wildman–Crippen MR) is 68.2 cm³/mol.